The molecule has 112 valence electrons. The number of ether oxygens (including phenoxy) is 1. The second-order valence-corrected chi connectivity index (χ2v) is 6.77. The summed E-state index contributed by atoms with van der Waals surface area (Å²) in [4.78, 5) is 10.4. The smallest absolute Gasteiger partial charge is 0.321 e. The van der Waals surface area contributed by atoms with Crippen LogP contribution in [0.3, 0.4) is 0 Å². The van der Waals surface area contributed by atoms with Gasteiger partial charge in [0.15, 0.2) is 0 Å². The van der Waals surface area contributed by atoms with Crippen molar-refractivity contribution in [3.63, 3.8) is 0 Å². The van der Waals surface area contributed by atoms with E-state index in [-0.39, 0.29) is 10.2 Å². The predicted octanol–water partition coefficient (Wildman–Crippen LogP) is 1.69. The van der Waals surface area contributed by atoms with Crippen molar-refractivity contribution in [1.82, 2.24) is 4.31 Å². The molecule has 1 unspecified atom stereocenters. The van der Waals surface area contributed by atoms with Crippen molar-refractivity contribution in [2.45, 2.75) is 17.9 Å². The van der Waals surface area contributed by atoms with Gasteiger partial charge < -0.3 is 9.84 Å². The highest BCUT2D eigenvalue weighted by atomic mass is 79.9. The average Bonchev–Trinajstić information content (AvgIpc) is 2.39. The number of hydrogen-bond donors (Lipinski definition) is 1. The molecule has 1 aromatic rings. The zero-order valence-electron chi connectivity index (χ0n) is 10.9. The van der Waals surface area contributed by atoms with E-state index in [0.29, 0.717) is 4.31 Å². The maximum Gasteiger partial charge on any atom is 0.321 e. The molecule has 0 amide bonds. The highest BCUT2D eigenvalue weighted by Crippen LogP contribution is 2.32. The molecule has 0 spiro atoms. The monoisotopic (exact) mass is 369 g/mol. The number of aliphatic carboxylic acids is 1. The molecule has 0 bridgehead atoms. The molecular weight excluding hydrogens is 357 g/mol. The van der Waals surface area contributed by atoms with Crippen LogP contribution >= 0.6 is 15.9 Å². The quantitative estimate of drug-likeness (QED) is 0.853. The molecule has 0 heterocycles. The second-order valence-electron chi connectivity index (χ2n) is 3.95. The van der Waals surface area contributed by atoms with E-state index in [1.165, 1.54) is 20.1 Å². The number of carboxylic acids is 1. The fourth-order valence-corrected chi connectivity index (χ4v) is 3.18. The van der Waals surface area contributed by atoms with Crippen LogP contribution in [-0.2, 0) is 14.8 Å². The van der Waals surface area contributed by atoms with Crippen molar-refractivity contribution < 1.29 is 27.4 Å². The van der Waals surface area contributed by atoms with Crippen molar-refractivity contribution in [2.75, 3.05) is 14.2 Å². The van der Waals surface area contributed by atoms with Gasteiger partial charge in [-0.1, -0.05) is 0 Å². The number of likely N-dealkylation sites (N-methyl/N-ethyl adjacent to an activating group) is 1. The van der Waals surface area contributed by atoms with Crippen LogP contribution in [0, 0.1) is 5.82 Å². The zero-order chi connectivity index (χ0) is 15.7. The van der Waals surface area contributed by atoms with E-state index in [4.69, 9.17) is 9.84 Å². The van der Waals surface area contributed by atoms with Crippen LogP contribution in [0.2, 0.25) is 0 Å². The lowest BCUT2D eigenvalue weighted by atomic mass is 10.3. The third-order valence-corrected chi connectivity index (χ3v) is 5.32. The zero-order valence-corrected chi connectivity index (χ0v) is 13.3. The standard InChI is InChI=1S/C11H13BrFNO5S/c1-6(11(15)16)14(2)20(17,18)10-5-8(13)7(12)4-9(10)19-3/h4-6H,1-3H3,(H,15,16). The maximum absolute atomic E-state index is 13.5. The summed E-state index contributed by atoms with van der Waals surface area (Å²) in [6, 6.07) is 0.654. The van der Waals surface area contributed by atoms with E-state index in [1.807, 2.05) is 0 Å². The van der Waals surface area contributed by atoms with Gasteiger partial charge in [0, 0.05) is 7.05 Å². The number of benzene rings is 1. The topological polar surface area (TPSA) is 83.9 Å². The Labute approximate surface area is 124 Å². The molecule has 1 atom stereocenters. The summed E-state index contributed by atoms with van der Waals surface area (Å²) in [6.07, 6.45) is 0. The van der Waals surface area contributed by atoms with Crippen LogP contribution in [0.1, 0.15) is 6.92 Å². The fraction of sp³-hybridized carbons (Fsp3) is 0.364. The third-order valence-electron chi connectivity index (χ3n) is 2.77. The number of nitrogens with zero attached hydrogens (tertiary/aromatic N) is 1. The van der Waals surface area contributed by atoms with Gasteiger partial charge >= 0.3 is 5.97 Å². The Bertz CT molecular complexity index is 634. The van der Waals surface area contributed by atoms with Crippen molar-refractivity contribution >= 4 is 31.9 Å². The molecular formula is C11H13BrFNO5S. The van der Waals surface area contributed by atoms with Crippen LogP contribution in [0.25, 0.3) is 0 Å². The first kappa shape index (κ1) is 16.9. The lowest BCUT2D eigenvalue weighted by Crippen LogP contribution is -2.40. The van der Waals surface area contributed by atoms with Gasteiger partial charge in [-0.15, -0.1) is 0 Å². The van der Waals surface area contributed by atoms with Gasteiger partial charge in [-0.05, 0) is 35.0 Å². The Morgan fingerprint density at radius 2 is 2.05 bits per heavy atom. The van der Waals surface area contributed by atoms with Gasteiger partial charge in [-0.2, -0.15) is 4.31 Å². The minimum absolute atomic E-state index is 0.0437. The summed E-state index contributed by atoms with van der Waals surface area (Å²) in [7, 11) is -1.86. The molecule has 1 aromatic carbocycles. The second kappa shape index (κ2) is 6.06. The molecule has 6 nitrogen and oxygen atoms in total. The number of carboxylic acid groups (broad SMARTS) is 1. The number of halogens is 2. The predicted molar refractivity (Wildman–Crippen MR) is 72.7 cm³/mol. The molecule has 9 heteroatoms. The molecule has 0 aliphatic rings. The summed E-state index contributed by atoms with van der Waals surface area (Å²) < 4.78 is 43.8. The number of hydrogen-bond acceptors (Lipinski definition) is 4. The fourth-order valence-electron chi connectivity index (χ4n) is 1.39. The SMILES string of the molecule is COc1cc(Br)c(F)cc1S(=O)(=O)N(C)C(C)C(=O)O. The Hall–Kier alpha value is -1.19. The van der Waals surface area contributed by atoms with E-state index < -0.39 is 32.7 Å². The maximum atomic E-state index is 13.5. The lowest BCUT2D eigenvalue weighted by molar-refractivity contribution is -0.140. The van der Waals surface area contributed by atoms with Crippen molar-refractivity contribution in [1.29, 1.82) is 0 Å². The lowest BCUT2D eigenvalue weighted by Gasteiger charge is -2.22. The number of methoxy groups -OCH3 is 1. The number of rotatable bonds is 5. The summed E-state index contributed by atoms with van der Waals surface area (Å²) in [5.74, 6) is -2.18. The number of sulfonamides is 1. The largest absolute Gasteiger partial charge is 0.495 e. The van der Waals surface area contributed by atoms with Gasteiger partial charge in [-0.25, -0.2) is 12.8 Å². The Morgan fingerprint density at radius 3 is 2.50 bits per heavy atom. The van der Waals surface area contributed by atoms with Crippen LogP contribution in [0.15, 0.2) is 21.5 Å². The minimum Gasteiger partial charge on any atom is -0.495 e. The first-order chi connectivity index (χ1) is 9.12. The van der Waals surface area contributed by atoms with E-state index in [0.717, 1.165) is 13.1 Å². The van der Waals surface area contributed by atoms with Gasteiger partial charge in [0.25, 0.3) is 0 Å². The first-order valence-electron chi connectivity index (χ1n) is 5.36. The van der Waals surface area contributed by atoms with E-state index in [1.54, 1.807) is 0 Å². The van der Waals surface area contributed by atoms with E-state index in [9.17, 15) is 17.6 Å². The van der Waals surface area contributed by atoms with Crippen LogP contribution < -0.4 is 4.74 Å². The molecule has 1 rings (SSSR count). The molecule has 0 saturated carbocycles. The van der Waals surface area contributed by atoms with Crippen LogP contribution in [0.5, 0.6) is 5.75 Å². The summed E-state index contributed by atoms with van der Waals surface area (Å²) in [5.41, 5.74) is 0. The van der Waals surface area contributed by atoms with Crippen LogP contribution in [-0.4, -0.2) is 44.0 Å². The molecule has 1 N–H and O–H groups in total. The first-order valence-corrected chi connectivity index (χ1v) is 7.60. The highest BCUT2D eigenvalue weighted by Gasteiger charge is 2.32. The van der Waals surface area contributed by atoms with E-state index >= 15 is 0 Å². The molecule has 0 aliphatic heterocycles. The molecule has 0 aliphatic carbocycles. The molecule has 20 heavy (non-hydrogen) atoms. The van der Waals surface area contributed by atoms with Gasteiger partial charge in [0.05, 0.1) is 11.6 Å². The van der Waals surface area contributed by atoms with Crippen molar-refractivity contribution in [3.05, 3.63) is 22.4 Å². The van der Waals surface area contributed by atoms with Crippen molar-refractivity contribution in [2.24, 2.45) is 0 Å². The summed E-state index contributed by atoms with van der Waals surface area (Å²) >= 11 is 2.92. The highest BCUT2D eigenvalue weighted by molar-refractivity contribution is 9.10. The summed E-state index contributed by atoms with van der Waals surface area (Å²) in [5, 5.41) is 8.87. The molecule has 0 aromatic heterocycles. The van der Waals surface area contributed by atoms with E-state index in [2.05, 4.69) is 15.9 Å². The Morgan fingerprint density at radius 1 is 1.50 bits per heavy atom. The van der Waals surface area contributed by atoms with Crippen LogP contribution in [0.4, 0.5) is 4.39 Å². The number of carbonyl (C=O) groups is 1. The average molecular weight is 370 g/mol. The normalized spacial score (nSPS) is 13.3. The van der Waals surface area contributed by atoms with Crippen molar-refractivity contribution in [3.8, 4) is 5.75 Å². The molecule has 0 saturated heterocycles. The minimum atomic E-state index is -4.20. The third kappa shape index (κ3) is 3.10. The molecule has 0 fully saturated rings. The van der Waals surface area contributed by atoms with Gasteiger partial charge in [0.1, 0.15) is 22.5 Å². The molecule has 0 radical (unpaired) electrons. The van der Waals surface area contributed by atoms with Gasteiger partial charge in [0.2, 0.25) is 10.0 Å². The Balaban J connectivity index is 3.42. The van der Waals surface area contributed by atoms with Gasteiger partial charge in [-0.3, -0.25) is 4.79 Å². The summed E-state index contributed by atoms with van der Waals surface area (Å²) in [6.45, 7) is 1.21. The Kier molecular flexibility index (Phi) is 5.11.